The largest absolute Gasteiger partial charge is 0.361 e. The fraction of sp³-hybridized carbons (Fsp3) is 0.385. The number of ether oxygens (including phenoxy) is 1. The smallest absolute Gasteiger partial charge is 0.119 e. The molecule has 0 aliphatic carbocycles. The number of rotatable bonds is 6. The fourth-order valence-electron chi connectivity index (χ4n) is 0.854. The Kier molecular flexibility index (Phi) is 7.59. The van der Waals surface area contributed by atoms with Crippen molar-refractivity contribution in [1.29, 1.82) is 0 Å². The number of allylic oxidation sites excluding steroid dienone is 2. The summed E-state index contributed by atoms with van der Waals surface area (Å²) < 4.78 is 5.46. The van der Waals surface area contributed by atoms with Crippen LogP contribution in [0.5, 0.6) is 0 Å². The lowest BCUT2D eigenvalue weighted by atomic mass is 10.2. The molecule has 1 nitrogen and oxygen atoms in total. The van der Waals surface area contributed by atoms with Crippen LogP contribution >= 0.6 is 0 Å². The quantitative estimate of drug-likeness (QED) is 0.462. The van der Waals surface area contributed by atoms with Crippen molar-refractivity contribution >= 4 is 0 Å². The monoisotopic (exact) mass is 190 g/mol. The van der Waals surface area contributed by atoms with Crippen LogP contribution < -0.4 is 0 Å². The third-order valence-corrected chi connectivity index (χ3v) is 1.49. The molecule has 0 bridgehead atoms. The Morgan fingerprint density at radius 2 is 2.14 bits per heavy atom. The number of hydrogen-bond acceptors (Lipinski definition) is 1. The van der Waals surface area contributed by atoms with Gasteiger partial charge in [-0.3, -0.25) is 0 Å². The van der Waals surface area contributed by atoms with Crippen LogP contribution in [0.1, 0.15) is 19.8 Å². The summed E-state index contributed by atoms with van der Waals surface area (Å²) in [6.07, 6.45) is 5.34. The first-order chi connectivity index (χ1) is 6.70. The van der Waals surface area contributed by atoms with Crippen molar-refractivity contribution in [2.45, 2.75) is 25.9 Å². The van der Waals surface area contributed by atoms with Crippen molar-refractivity contribution in [2.75, 3.05) is 6.61 Å². The highest BCUT2D eigenvalue weighted by atomic mass is 16.5. The Morgan fingerprint density at radius 3 is 2.64 bits per heavy atom. The first-order valence-corrected chi connectivity index (χ1v) is 4.71. The molecule has 14 heavy (non-hydrogen) atoms. The van der Waals surface area contributed by atoms with Crippen LogP contribution in [0, 0.1) is 11.8 Å². The Morgan fingerprint density at radius 1 is 1.43 bits per heavy atom. The van der Waals surface area contributed by atoms with Gasteiger partial charge in [-0.15, -0.1) is 13.2 Å². The minimum absolute atomic E-state index is 0.0392. The van der Waals surface area contributed by atoms with E-state index in [4.69, 9.17) is 4.74 Å². The van der Waals surface area contributed by atoms with Gasteiger partial charge in [0.2, 0.25) is 0 Å². The van der Waals surface area contributed by atoms with Gasteiger partial charge in [0, 0.05) is 0 Å². The van der Waals surface area contributed by atoms with E-state index >= 15 is 0 Å². The van der Waals surface area contributed by atoms with Gasteiger partial charge in [-0.05, 0) is 25.3 Å². The second-order valence-corrected chi connectivity index (χ2v) is 3.03. The first-order valence-electron chi connectivity index (χ1n) is 4.71. The van der Waals surface area contributed by atoms with Crippen LogP contribution in [0.15, 0.2) is 37.5 Å². The van der Waals surface area contributed by atoms with E-state index < -0.39 is 0 Å². The van der Waals surface area contributed by atoms with Crippen molar-refractivity contribution in [2.24, 2.45) is 0 Å². The molecule has 0 heterocycles. The van der Waals surface area contributed by atoms with E-state index in [2.05, 4.69) is 31.6 Å². The standard InChI is InChI=1S/C13H18O/c1-5-7-8-13(14-11-6-2)10-9-12(3)4/h5-6,13H,1-3,7-8,11H2,4H3. The van der Waals surface area contributed by atoms with Crippen molar-refractivity contribution in [1.82, 2.24) is 0 Å². The number of hydrogen-bond donors (Lipinski definition) is 0. The van der Waals surface area contributed by atoms with E-state index in [1.807, 2.05) is 13.0 Å². The highest BCUT2D eigenvalue weighted by molar-refractivity contribution is 5.24. The van der Waals surface area contributed by atoms with Gasteiger partial charge in [-0.1, -0.05) is 30.6 Å². The average molecular weight is 190 g/mol. The highest BCUT2D eigenvalue weighted by Gasteiger charge is 2.02. The molecule has 0 rings (SSSR count). The van der Waals surface area contributed by atoms with Gasteiger partial charge in [0.05, 0.1) is 6.61 Å². The van der Waals surface area contributed by atoms with Crippen LogP contribution in [-0.2, 0) is 4.74 Å². The third-order valence-electron chi connectivity index (χ3n) is 1.49. The molecule has 0 aliphatic heterocycles. The van der Waals surface area contributed by atoms with E-state index in [1.54, 1.807) is 6.08 Å². The lowest BCUT2D eigenvalue weighted by molar-refractivity contribution is 0.110. The molecule has 0 saturated carbocycles. The van der Waals surface area contributed by atoms with Crippen molar-refractivity contribution in [3.8, 4) is 11.8 Å². The molecular formula is C13H18O. The zero-order valence-corrected chi connectivity index (χ0v) is 8.88. The lowest BCUT2D eigenvalue weighted by Gasteiger charge is -2.08. The maximum atomic E-state index is 5.46. The zero-order valence-electron chi connectivity index (χ0n) is 8.88. The minimum atomic E-state index is -0.0392. The summed E-state index contributed by atoms with van der Waals surface area (Å²) in [6, 6.07) is 0. The third kappa shape index (κ3) is 7.39. The lowest BCUT2D eigenvalue weighted by Crippen LogP contribution is -2.10. The molecule has 0 aliphatic rings. The van der Waals surface area contributed by atoms with Gasteiger partial charge in [0.15, 0.2) is 0 Å². The zero-order chi connectivity index (χ0) is 10.8. The molecule has 0 amide bonds. The normalized spacial score (nSPS) is 10.9. The maximum Gasteiger partial charge on any atom is 0.119 e. The Labute approximate surface area is 87.2 Å². The van der Waals surface area contributed by atoms with Gasteiger partial charge in [-0.2, -0.15) is 0 Å². The summed E-state index contributed by atoms with van der Waals surface area (Å²) in [4.78, 5) is 0. The second-order valence-electron chi connectivity index (χ2n) is 3.03. The summed E-state index contributed by atoms with van der Waals surface area (Å²) in [7, 11) is 0. The van der Waals surface area contributed by atoms with Crippen LogP contribution in [0.2, 0.25) is 0 Å². The van der Waals surface area contributed by atoms with E-state index in [9.17, 15) is 0 Å². The van der Waals surface area contributed by atoms with E-state index in [-0.39, 0.29) is 6.10 Å². The van der Waals surface area contributed by atoms with Crippen LogP contribution in [-0.4, -0.2) is 12.7 Å². The molecule has 1 unspecified atom stereocenters. The molecule has 0 N–H and O–H groups in total. The van der Waals surface area contributed by atoms with E-state index in [0.717, 1.165) is 18.4 Å². The Bertz CT molecular complexity index is 240. The van der Waals surface area contributed by atoms with Crippen LogP contribution in [0.4, 0.5) is 0 Å². The van der Waals surface area contributed by atoms with Gasteiger partial charge in [-0.25, -0.2) is 0 Å². The summed E-state index contributed by atoms with van der Waals surface area (Å²) in [5.74, 6) is 5.95. The van der Waals surface area contributed by atoms with Crippen molar-refractivity contribution < 1.29 is 4.74 Å². The van der Waals surface area contributed by atoms with Gasteiger partial charge in [0.25, 0.3) is 0 Å². The molecule has 0 saturated heterocycles. The molecular weight excluding hydrogens is 172 g/mol. The average Bonchev–Trinajstić information content (AvgIpc) is 2.16. The van der Waals surface area contributed by atoms with Gasteiger partial charge < -0.3 is 4.74 Å². The summed E-state index contributed by atoms with van der Waals surface area (Å²) >= 11 is 0. The van der Waals surface area contributed by atoms with Gasteiger partial charge in [0.1, 0.15) is 6.10 Å². The molecule has 76 valence electrons. The molecule has 0 aromatic heterocycles. The molecule has 0 aromatic carbocycles. The predicted molar refractivity (Wildman–Crippen MR) is 62.0 cm³/mol. The molecule has 1 atom stereocenters. The molecule has 0 aromatic rings. The fourth-order valence-corrected chi connectivity index (χ4v) is 0.854. The molecule has 0 spiro atoms. The SMILES string of the molecule is C=CCCC(C#CC(=C)C)OCC=C. The molecule has 0 radical (unpaired) electrons. The van der Waals surface area contributed by atoms with Gasteiger partial charge >= 0.3 is 0 Å². The Balaban J connectivity index is 4.10. The van der Waals surface area contributed by atoms with Crippen LogP contribution in [0.3, 0.4) is 0 Å². The van der Waals surface area contributed by atoms with Crippen LogP contribution in [0.25, 0.3) is 0 Å². The highest BCUT2D eigenvalue weighted by Crippen LogP contribution is 2.02. The van der Waals surface area contributed by atoms with Crippen molar-refractivity contribution in [3.63, 3.8) is 0 Å². The summed E-state index contributed by atoms with van der Waals surface area (Å²) in [5.41, 5.74) is 0.857. The predicted octanol–water partition coefficient (Wildman–Crippen LogP) is 3.10. The topological polar surface area (TPSA) is 9.23 Å². The summed E-state index contributed by atoms with van der Waals surface area (Å²) in [5, 5.41) is 0. The minimum Gasteiger partial charge on any atom is -0.361 e. The summed E-state index contributed by atoms with van der Waals surface area (Å²) in [6.45, 7) is 13.4. The van der Waals surface area contributed by atoms with E-state index in [1.165, 1.54) is 0 Å². The second kappa shape index (κ2) is 8.34. The Hall–Kier alpha value is -1.26. The maximum absolute atomic E-state index is 5.46. The van der Waals surface area contributed by atoms with E-state index in [0.29, 0.717) is 6.61 Å². The first kappa shape index (κ1) is 12.7. The molecule has 0 fully saturated rings. The molecule has 1 heteroatoms. The van der Waals surface area contributed by atoms with Crippen molar-refractivity contribution in [3.05, 3.63) is 37.5 Å².